The van der Waals surface area contributed by atoms with Crippen molar-refractivity contribution in [3.63, 3.8) is 0 Å². The minimum atomic E-state index is 0.284. The van der Waals surface area contributed by atoms with E-state index in [-0.39, 0.29) is 11.8 Å². The summed E-state index contributed by atoms with van der Waals surface area (Å²) in [5, 5.41) is 0. The van der Waals surface area contributed by atoms with Gasteiger partial charge in [0.05, 0.1) is 75.6 Å². The highest BCUT2D eigenvalue weighted by Crippen LogP contribution is 2.48. The molecule has 2 aliphatic rings. The van der Waals surface area contributed by atoms with Gasteiger partial charge in [0.15, 0.2) is 0 Å². The van der Waals surface area contributed by atoms with Gasteiger partial charge in [0.25, 0.3) is 0 Å². The van der Waals surface area contributed by atoms with Gasteiger partial charge < -0.3 is 28.4 Å². The van der Waals surface area contributed by atoms with Gasteiger partial charge in [-0.2, -0.15) is 0 Å². The summed E-state index contributed by atoms with van der Waals surface area (Å²) in [5.74, 6) is 1.65. The zero-order valence-corrected chi connectivity index (χ0v) is 24.8. The summed E-state index contributed by atoms with van der Waals surface area (Å²) in [7, 11) is 0. The molecule has 1 aliphatic carbocycles. The Morgan fingerprint density at radius 3 is 1.11 bits per heavy atom. The van der Waals surface area contributed by atoms with Crippen LogP contribution in [0.1, 0.15) is 36.1 Å². The Balaban J connectivity index is 1.18. The molecule has 6 rings (SSSR count). The summed E-state index contributed by atoms with van der Waals surface area (Å²) >= 11 is 0. The topological polar surface area (TPSA) is 107 Å². The van der Waals surface area contributed by atoms with Crippen LogP contribution in [-0.4, -0.2) is 86.0 Å². The molecule has 0 N–H and O–H groups in total. The van der Waals surface area contributed by atoms with Crippen LogP contribution >= 0.6 is 0 Å². The summed E-state index contributed by atoms with van der Waals surface area (Å²) in [4.78, 5) is 19.5. The lowest BCUT2D eigenvalue weighted by Gasteiger charge is -2.36. The largest absolute Gasteiger partial charge is 0.475 e. The predicted molar refractivity (Wildman–Crippen MR) is 164 cm³/mol. The van der Waals surface area contributed by atoms with Crippen molar-refractivity contribution in [3.05, 3.63) is 84.2 Å². The molecule has 2 atom stereocenters. The molecule has 10 heteroatoms. The van der Waals surface area contributed by atoms with Crippen molar-refractivity contribution in [2.45, 2.75) is 24.7 Å². The summed E-state index contributed by atoms with van der Waals surface area (Å²) in [6.07, 6.45) is 2.12. The fourth-order valence-corrected chi connectivity index (χ4v) is 5.26. The van der Waals surface area contributed by atoms with E-state index in [4.69, 9.17) is 48.4 Å². The molecule has 0 saturated heterocycles. The maximum atomic E-state index is 5.85. The Morgan fingerprint density at radius 1 is 0.386 bits per heavy atom. The van der Waals surface area contributed by atoms with E-state index < -0.39 is 0 Å². The summed E-state index contributed by atoms with van der Waals surface area (Å²) in [6.45, 7) is 4.62. The van der Waals surface area contributed by atoms with Crippen LogP contribution in [0.25, 0.3) is 22.8 Å². The van der Waals surface area contributed by atoms with Crippen molar-refractivity contribution in [1.82, 2.24) is 19.9 Å². The third kappa shape index (κ3) is 8.15. The van der Waals surface area contributed by atoms with Gasteiger partial charge in [-0.3, -0.25) is 9.97 Å². The Hall–Kier alpha value is -3.96. The number of ether oxygens (including phenoxy) is 6. The Kier molecular flexibility index (Phi) is 10.7. The van der Waals surface area contributed by atoms with E-state index in [2.05, 4.69) is 24.3 Å². The van der Waals surface area contributed by atoms with Crippen LogP contribution in [0, 0.1) is 0 Å². The van der Waals surface area contributed by atoms with Crippen LogP contribution < -0.4 is 9.47 Å². The summed E-state index contributed by atoms with van der Waals surface area (Å²) in [6, 6.07) is 23.8. The molecule has 1 aliphatic heterocycles. The van der Waals surface area contributed by atoms with Crippen LogP contribution in [0.2, 0.25) is 0 Å². The van der Waals surface area contributed by atoms with Crippen molar-refractivity contribution >= 4 is 0 Å². The standard InChI is InChI=1S/C34H38N4O6/c1-5-27-25-13-14-26(25)28-6-2-8-30(36-28)32-10-4-12-34(38-32)44-24-22-42-20-18-40-16-15-39-17-19-41-21-23-43-33-11-3-9-31(37-33)29(7-1)35-27/h1-12,25-26H,13-24H2/t25-,26+. The Bertz CT molecular complexity index is 1380. The number of pyridine rings is 4. The lowest BCUT2D eigenvalue weighted by atomic mass is 9.70. The van der Waals surface area contributed by atoms with E-state index in [1.807, 2.05) is 48.5 Å². The molecular formula is C34H38N4O6. The van der Waals surface area contributed by atoms with Gasteiger partial charge in [0, 0.05) is 35.4 Å². The van der Waals surface area contributed by atoms with E-state index in [0.717, 1.165) is 47.0 Å². The van der Waals surface area contributed by atoms with Crippen LogP contribution in [0.4, 0.5) is 0 Å². The molecule has 44 heavy (non-hydrogen) atoms. The molecule has 4 aromatic heterocycles. The molecule has 1 fully saturated rings. The third-order valence-electron chi connectivity index (χ3n) is 7.62. The average molecular weight is 599 g/mol. The molecule has 1 saturated carbocycles. The highest BCUT2D eigenvalue weighted by atomic mass is 16.6. The lowest BCUT2D eigenvalue weighted by molar-refractivity contribution is -0.00720. The number of aromatic nitrogens is 4. The first-order valence-corrected chi connectivity index (χ1v) is 15.3. The lowest BCUT2D eigenvalue weighted by Crippen LogP contribution is -2.24. The Labute approximate surface area is 257 Å². The molecule has 8 bridgehead atoms. The Morgan fingerprint density at radius 2 is 0.727 bits per heavy atom. The molecule has 10 nitrogen and oxygen atoms in total. The molecule has 4 aromatic rings. The molecule has 230 valence electrons. The second kappa shape index (κ2) is 15.7. The first kappa shape index (κ1) is 30.1. The van der Waals surface area contributed by atoms with Gasteiger partial charge in [-0.1, -0.05) is 24.3 Å². The van der Waals surface area contributed by atoms with E-state index in [1.54, 1.807) is 0 Å². The van der Waals surface area contributed by atoms with E-state index >= 15 is 0 Å². The zero-order valence-electron chi connectivity index (χ0n) is 24.8. The smallest absolute Gasteiger partial charge is 0.213 e. The maximum absolute atomic E-state index is 5.85. The number of hydrogen-bond donors (Lipinski definition) is 0. The minimum Gasteiger partial charge on any atom is -0.475 e. The van der Waals surface area contributed by atoms with Gasteiger partial charge in [0.2, 0.25) is 11.8 Å². The normalized spacial score (nSPS) is 20.5. The molecular weight excluding hydrogens is 560 g/mol. The number of nitrogens with zero attached hydrogens (tertiary/aromatic N) is 4. The quantitative estimate of drug-likeness (QED) is 0.271. The van der Waals surface area contributed by atoms with E-state index in [1.165, 1.54) is 0 Å². The van der Waals surface area contributed by atoms with Gasteiger partial charge >= 0.3 is 0 Å². The molecule has 5 heterocycles. The summed E-state index contributed by atoms with van der Waals surface area (Å²) in [5.41, 5.74) is 5.30. The molecule has 0 aromatic carbocycles. The first-order chi connectivity index (χ1) is 21.8. The number of hydrogen-bond acceptors (Lipinski definition) is 10. The molecule has 0 amide bonds. The van der Waals surface area contributed by atoms with Crippen LogP contribution in [0.5, 0.6) is 11.8 Å². The van der Waals surface area contributed by atoms with Crippen molar-refractivity contribution in [1.29, 1.82) is 0 Å². The highest BCUT2D eigenvalue weighted by Gasteiger charge is 2.35. The highest BCUT2D eigenvalue weighted by molar-refractivity contribution is 5.56. The van der Waals surface area contributed by atoms with Crippen molar-refractivity contribution in [3.8, 4) is 34.5 Å². The first-order valence-electron chi connectivity index (χ1n) is 15.3. The molecule has 0 spiro atoms. The number of rotatable bonds is 0. The summed E-state index contributed by atoms with van der Waals surface area (Å²) < 4.78 is 34.1. The van der Waals surface area contributed by atoms with Gasteiger partial charge in [-0.15, -0.1) is 0 Å². The SMILES string of the molecule is c1cc2nc(c1)-c1cccc(n1)[C@H]1CC[C@H]1c1cccc(n1)-c1cccc(n1)OCCOCCOCCOCCOCCO2. The van der Waals surface area contributed by atoms with Crippen molar-refractivity contribution in [2.75, 3.05) is 66.1 Å². The minimum absolute atomic E-state index is 0.284. The fourth-order valence-electron chi connectivity index (χ4n) is 5.26. The van der Waals surface area contributed by atoms with Crippen LogP contribution in [-0.2, 0) is 18.9 Å². The van der Waals surface area contributed by atoms with Gasteiger partial charge in [-0.25, -0.2) is 9.97 Å². The predicted octanol–water partition coefficient (Wildman–Crippen LogP) is 5.10. The van der Waals surface area contributed by atoms with Crippen molar-refractivity contribution < 1.29 is 28.4 Å². The fraction of sp³-hybridized carbons (Fsp3) is 0.412. The van der Waals surface area contributed by atoms with Crippen molar-refractivity contribution in [2.24, 2.45) is 0 Å². The number of fused-ring (bicyclic) bond motifs is 13. The second-order valence-corrected chi connectivity index (χ2v) is 10.6. The van der Waals surface area contributed by atoms with Gasteiger partial charge in [0.1, 0.15) is 13.2 Å². The van der Waals surface area contributed by atoms with E-state index in [0.29, 0.717) is 77.8 Å². The monoisotopic (exact) mass is 598 g/mol. The average Bonchev–Trinajstić information content (AvgIpc) is 3.04. The third-order valence-corrected chi connectivity index (χ3v) is 7.62. The van der Waals surface area contributed by atoms with Crippen LogP contribution in [0.15, 0.2) is 72.8 Å². The van der Waals surface area contributed by atoms with Crippen LogP contribution in [0.3, 0.4) is 0 Å². The van der Waals surface area contributed by atoms with Gasteiger partial charge in [-0.05, 0) is 49.2 Å². The molecule has 0 radical (unpaired) electrons. The maximum Gasteiger partial charge on any atom is 0.213 e. The second-order valence-electron chi connectivity index (χ2n) is 10.6. The van der Waals surface area contributed by atoms with E-state index in [9.17, 15) is 0 Å². The molecule has 0 unspecified atom stereocenters. The zero-order chi connectivity index (χ0) is 29.8.